The summed E-state index contributed by atoms with van der Waals surface area (Å²) in [6.45, 7) is 4.99. The van der Waals surface area contributed by atoms with Crippen molar-refractivity contribution in [3.05, 3.63) is 35.4 Å². The first-order valence-electron chi connectivity index (χ1n) is 8.41. The van der Waals surface area contributed by atoms with Crippen LogP contribution in [0.2, 0.25) is 0 Å². The molecule has 25 heavy (non-hydrogen) atoms. The number of amides is 1. The van der Waals surface area contributed by atoms with Gasteiger partial charge in [0.2, 0.25) is 0 Å². The highest BCUT2D eigenvalue weighted by atomic mass is 127. The summed E-state index contributed by atoms with van der Waals surface area (Å²) in [5, 5.41) is 6.46. The number of halogens is 1. The quantitative estimate of drug-likeness (QED) is 0.256. The van der Waals surface area contributed by atoms with Crippen LogP contribution in [0.3, 0.4) is 0 Å². The molecule has 1 aromatic rings. The third-order valence-electron chi connectivity index (χ3n) is 3.47. The van der Waals surface area contributed by atoms with Crippen LogP contribution in [-0.2, 0) is 11.3 Å². The van der Waals surface area contributed by atoms with Crippen LogP contribution >= 0.6 is 24.0 Å². The minimum Gasteiger partial charge on any atom is -0.380 e. The fourth-order valence-corrected chi connectivity index (χ4v) is 2.02. The van der Waals surface area contributed by atoms with E-state index in [1.54, 1.807) is 26.0 Å². The van der Waals surface area contributed by atoms with E-state index >= 15 is 0 Å². The molecule has 2 N–H and O–H groups in total. The number of rotatable bonds is 9. The Morgan fingerprint density at radius 2 is 1.84 bits per heavy atom. The lowest BCUT2D eigenvalue weighted by molar-refractivity contribution is 0.0827. The van der Waals surface area contributed by atoms with Gasteiger partial charge < -0.3 is 20.3 Å². The van der Waals surface area contributed by atoms with Crippen molar-refractivity contribution in [2.45, 2.75) is 26.3 Å². The van der Waals surface area contributed by atoms with Crippen molar-refractivity contribution in [2.24, 2.45) is 4.99 Å². The smallest absolute Gasteiger partial charge is 0.253 e. The van der Waals surface area contributed by atoms with Gasteiger partial charge in [0, 0.05) is 46.4 Å². The van der Waals surface area contributed by atoms with Gasteiger partial charge in [-0.1, -0.05) is 25.5 Å². The van der Waals surface area contributed by atoms with Crippen molar-refractivity contribution in [1.82, 2.24) is 15.5 Å². The topological polar surface area (TPSA) is 66.0 Å². The zero-order valence-electron chi connectivity index (χ0n) is 15.7. The average molecular weight is 462 g/mol. The summed E-state index contributed by atoms with van der Waals surface area (Å²) in [6, 6.07) is 7.59. The highest BCUT2D eigenvalue weighted by molar-refractivity contribution is 14.0. The van der Waals surface area contributed by atoms with E-state index < -0.39 is 0 Å². The second-order valence-electron chi connectivity index (χ2n) is 5.71. The Hall–Kier alpha value is -1.35. The Balaban J connectivity index is 0.00000576. The Bertz CT molecular complexity index is 518. The molecule has 1 amide bonds. The first kappa shape index (κ1) is 23.6. The van der Waals surface area contributed by atoms with Crippen LogP contribution in [0.1, 0.15) is 35.7 Å². The second kappa shape index (κ2) is 13.9. The van der Waals surface area contributed by atoms with Gasteiger partial charge >= 0.3 is 0 Å². The number of carbonyl (C=O) groups excluding carboxylic acids is 1. The number of carbonyl (C=O) groups is 1. The van der Waals surface area contributed by atoms with Crippen LogP contribution in [0, 0.1) is 0 Å². The zero-order valence-corrected chi connectivity index (χ0v) is 18.0. The second-order valence-corrected chi connectivity index (χ2v) is 5.71. The van der Waals surface area contributed by atoms with Crippen molar-refractivity contribution in [3.63, 3.8) is 0 Å². The molecular weight excluding hydrogens is 431 g/mol. The maximum Gasteiger partial charge on any atom is 0.253 e. The van der Waals surface area contributed by atoms with E-state index in [4.69, 9.17) is 4.74 Å². The molecule has 0 spiro atoms. The van der Waals surface area contributed by atoms with Gasteiger partial charge in [0.05, 0.1) is 6.61 Å². The Morgan fingerprint density at radius 1 is 1.16 bits per heavy atom. The van der Waals surface area contributed by atoms with E-state index in [-0.39, 0.29) is 29.9 Å². The molecule has 0 saturated carbocycles. The normalized spacial score (nSPS) is 10.8. The number of guanidine groups is 1. The maximum atomic E-state index is 11.9. The zero-order chi connectivity index (χ0) is 17.8. The van der Waals surface area contributed by atoms with Crippen molar-refractivity contribution in [2.75, 3.05) is 40.9 Å². The highest BCUT2D eigenvalue weighted by Crippen LogP contribution is 2.06. The molecule has 0 aromatic heterocycles. The molecule has 142 valence electrons. The maximum absolute atomic E-state index is 11.9. The number of ether oxygens (including phenoxy) is 1. The monoisotopic (exact) mass is 462 g/mol. The van der Waals surface area contributed by atoms with Crippen molar-refractivity contribution >= 4 is 35.8 Å². The summed E-state index contributed by atoms with van der Waals surface area (Å²) in [6.07, 6.45) is 2.24. The minimum absolute atomic E-state index is 0. The fourth-order valence-electron chi connectivity index (χ4n) is 2.02. The summed E-state index contributed by atoms with van der Waals surface area (Å²) < 4.78 is 5.51. The molecule has 0 fully saturated rings. The molecule has 0 aliphatic carbocycles. The lowest BCUT2D eigenvalue weighted by Gasteiger charge is -2.13. The van der Waals surface area contributed by atoms with Crippen LogP contribution in [0.4, 0.5) is 0 Å². The molecule has 0 bridgehead atoms. The number of hydrogen-bond acceptors (Lipinski definition) is 3. The highest BCUT2D eigenvalue weighted by Gasteiger charge is 2.07. The van der Waals surface area contributed by atoms with Gasteiger partial charge in [-0.3, -0.25) is 9.79 Å². The van der Waals surface area contributed by atoms with E-state index in [2.05, 4.69) is 22.5 Å². The minimum atomic E-state index is 0. The van der Waals surface area contributed by atoms with Crippen LogP contribution in [0.5, 0.6) is 0 Å². The molecule has 1 aromatic carbocycles. The average Bonchev–Trinajstić information content (AvgIpc) is 2.60. The predicted octanol–water partition coefficient (Wildman–Crippen LogP) is 2.49. The molecule has 0 radical (unpaired) electrons. The van der Waals surface area contributed by atoms with Crippen LogP contribution in [0.15, 0.2) is 29.3 Å². The summed E-state index contributed by atoms with van der Waals surface area (Å²) in [5.74, 6) is 0.748. The number of hydrogen-bond donors (Lipinski definition) is 2. The van der Waals surface area contributed by atoms with Crippen LogP contribution in [-0.4, -0.2) is 57.7 Å². The lowest BCUT2D eigenvalue weighted by atomic mass is 10.1. The largest absolute Gasteiger partial charge is 0.380 e. The van der Waals surface area contributed by atoms with Gasteiger partial charge in [-0.2, -0.15) is 0 Å². The van der Waals surface area contributed by atoms with Gasteiger partial charge in [-0.15, -0.1) is 24.0 Å². The van der Waals surface area contributed by atoms with Crippen LogP contribution in [0.25, 0.3) is 0 Å². The Morgan fingerprint density at radius 3 is 2.40 bits per heavy atom. The molecule has 0 heterocycles. The van der Waals surface area contributed by atoms with E-state index in [0.29, 0.717) is 18.7 Å². The van der Waals surface area contributed by atoms with Gasteiger partial charge in [-0.25, -0.2) is 0 Å². The Kier molecular flexibility index (Phi) is 13.1. The van der Waals surface area contributed by atoms with Crippen molar-refractivity contribution < 1.29 is 9.53 Å². The molecule has 0 unspecified atom stereocenters. The molecular formula is C18H31IN4O2. The molecule has 7 heteroatoms. The summed E-state index contributed by atoms with van der Waals surface area (Å²) in [4.78, 5) is 17.6. The number of nitrogens with one attached hydrogen (secondary N) is 2. The third kappa shape index (κ3) is 9.64. The molecule has 0 saturated heterocycles. The lowest BCUT2D eigenvalue weighted by Crippen LogP contribution is -2.38. The van der Waals surface area contributed by atoms with Gasteiger partial charge in [0.15, 0.2) is 5.96 Å². The summed E-state index contributed by atoms with van der Waals surface area (Å²) >= 11 is 0. The first-order valence-corrected chi connectivity index (χ1v) is 8.41. The molecule has 6 nitrogen and oxygen atoms in total. The Labute approximate surface area is 168 Å². The predicted molar refractivity (Wildman–Crippen MR) is 114 cm³/mol. The van der Waals surface area contributed by atoms with Gasteiger partial charge in [-0.05, 0) is 24.1 Å². The number of unbranched alkanes of at least 4 members (excludes halogenated alkanes) is 1. The van der Waals surface area contributed by atoms with Gasteiger partial charge in [0.1, 0.15) is 0 Å². The van der Waals surface area contributed by atoms with Crippen LogP contribution < -0.4 is 10.6 Å². The number of nitrogens with zero attached hydrogens (tertiary/aromatic N) is 2. The molecule has 0 aliphatic rings. The van der Waals surface area contributed by atoms with Gasteiger partial charge in [0.25, 0.3) is 5.91 Å². The van der Waals surface area contributed by atoms with E-state index in [9.17, 15) is 4.79 Å². The fraction of sp³-hybridized carbons (Fsp3) is 0.556. The van der Waals surface area contributed by atoms with E-state index in [1.165, 1.54) is 0 Å². The summed E-state index contributed by atoms with van der Waals surface area (Å²) in [5.41, 5.74) is 1.78. The molecule has 0 atom stereocenters. The first-order chi connectivity index (χ1) is 11.6. The number of benzene rings is 1. The molecule has 1 rings (SSSR count). The third-order valence-corrected chi connectivity index (χ3v) is 3.47. The molecule has 0 aliphatic heterocycles. The van der Waals surface area contributed by atoms with Crippen molar-refractivity contribution in [1.29, 1.82) is 0 Å². The summed E-state index contributed by atoms with van der Waals surface area (Å²) in [7, 11) is 5.24. The SMILES string of the molecule is CCCCOCCNC(=NC)NCc1ccc(C(=O)N(C)C)cc1.I. The van der Waals surface area contributed by atoms with E-state index in [0.717, 1.165) is 37.5 Å². The van der Waals surface area contributed by atoms with Crippen molar-refractivity contribution in [3.8, 4) is 0 Å². The van der Waals surface area contributed by atoms with E-state index in [1.807, 2.05) is 24.3 Å². The number of aliphatic imine (C=N–C) groups is 1. The standard InChI is InChI=1S/C18H30N4O2.HI/c1-5-6-12-24-13-11-20-18(19-2)21-14-15-7-9-16(10-8-15)17(23)22(3)4;/h7-10H,5-6,11-14H2,1-4H3,(H2,19,20,21);1H.